The summed E-state index contributed by atoms with van der Waals surface area (Å²) in [5.41, 5.74) is 0. The molecule has 0 rings (SSSR count). The molecule has 1 radical (unpaired) electrons. The van der Waals surface area contributed by atoms with Gasteiger partial charge < -0.3 is 15.1 Å². The Hall–Kier alpha value is -0.750. The van der Waals surface area contributed by atoms with Crippen LogP contribution in [0.3, 0.4) is 0 Å². The van der Waals surface area contributed by atoms with Crippen LogP contribution in [0.1, 0.15) is 26.7 Å². The van der Waals surface area contributed by atoms with E-state index < -0.39 is 0 Å². The van der Waals surface area contributed by atoms with Crippen LogP contribution in [-0.4, -0.2) is 68.1 Å². The maximum absolute atomic E-state index is 11.6. The molecule has 0 unspecified atom stereocenters. The average Bonchev–Trinajstić information content (AvgIpc) is 2.32. The number of hydrogen-bond acceptors (Lipinski definition) is 3. The van der Waals surface area contributed by atoms with E-state index >= 15 is 0 Å². The number of rotatable bonds is 11. The largest absolute Gasteiger partial charge is 0.356 e. The predicted molar refractivity (Wildman–Crippen MR) is 90.0 cm³/mol. The minimum atomic E-state index is -0.0396. The summed E-state index contributed by atoms with van der Waals surface area (Å²) >= 11 is 1.60. The van der Waals surface area contributed by atoms with Gasteiger partial charge in [0.15, 0.2) is 0 Å². The van der Waals surface area contributed by atoms with E-state index in [-0.39, 0.29) is 17.9 Å². The first-order valence-corrected chi connectivity index (χ1v) is 8.65. The van der Waals surface area contributed by atoms with Gasteiger partial charge in [-0.15, -0.1) is 0 Å². The van der Waals surface area contributed by atoms with Crippen LogP contribution in [0.15, 0.2) is 0 Å². The molecule has 0 fully saturated rings. The number of nitrogens with one attached hydrogen (secondary N) is 2. The third kappa shape index (κ3) is 15.5. The van der Waals surface area contributed by atoms with Crippen molar-refractivity contribution < 1.29 is 14.1 Å². The lowest BCUT2D eigenvalue weighted by Gasteiger charge is -2.23. The summed E-state index contributed by atoms with van der Waals surface area (Å²) in [5.74, 6) is 1.44. The number of quaternary nitrogens is 1. The Morgan fingerprint density at radius 2 is 1.90 bits per heavy atom. The van der Waals surface area contributed by atoms with E-state index in [0.717, 1.165) is 29.7 Å². The second-order valence-corrected chi connectivity index (χ2v) is 7.56. The van der Waals surface area contributed by atoms with E-state index in [1.54, 1.807) is 18.2 Å². The highest BCUT2D eigenvalue weighted by Crippen LogP contribution is 2.04. The van der Waals surface area contributed by atoms with Crippen molar-refractivity contribution in [2.75, 3.05) is 45.7 Å². The van der Waals surface area contributed by atoms with E-state index in [0.29, 0.717) is 12.2 Å². The number of nitrogens with zero attached hydrogens (tertiary/aromatic N) is 1. The number of hydrogen-bond donors (Lipinski definition) is 2. The Kier molecular flexibility index (Phi) is 10.5. The molecule has 6 heteroatoms. The normalized spacial score (nSPS) is 11.5. The minimum absolute atomic E-state index is 0.0396. The molecule has 0 saturated carbocycles. The molecular weight excluding hydrogens is 286 g/mol. The van der Waals surface area contributed by atoms with Crippen LogP contribution in [0.2, 0.25) is 0 Å². The lowest BCUT2D eigenvalue weighted by Crippen LogP contribution is -2.37. The predicted octanol–water partition coefficient (Wildman–Crippen LogP) is 1.05. The maximum Gasteiger partial charge on any atom is 0.224 e. The summed E-state index contributed by atoms with van der Waals surface area (Å²) in [5, 5.41) is 5.73. The van der Waals surface area contributed by atoms with E-state index in [4.69, 9.17) is 0 Å². The molecule has 0 heterocycles. The van der Waals surface area contributed by atoms with Gasteiger partial charge in [-0.2, -0.15) is 11.8 Å². The van der Waals surface area contributed by atoms with Crippen molar-refractivity contribution in [1.82, 2.24) is 10.6 Å². The van der Waals surface area contributed by atoms with Crippen molar-refractivity contribution in [1.29, 1.82) is 0 Å². The van der Waals surface area contributed by atoms with Crippen molar-refractivity contribution in [3.63, 3.8) is 0 Å². The monoisotopic (exact) mass is 317 g/mol. The first kappa shape index (κ1) is 20.2. The van der Waals surface area contributed by atoms with Crippen molar-refractivity contribution in [3.05, 3.63) is 6.42 Å². The smallest absolute Gasteiger partial charge is 0.224 e. The van der Waals surface area contributed by atoms with Gasteiger partial charge in [0.05, 0.1) is 34.1 Å². The SMILES string of the molecule is CC(C)NC(=O)[CH]CSCCC(=O)NCCC[N+](C)(C)C. The number of thioether (sulfide) groups is 1. The molecule has 0 spiro atoms. The van der Waals surface area contributed by atoms with Crippen LogP contribution < -0.4 is 10.6 Å². The first-order chi connectivity index (χ1) is 9.70. The fourth-order valence-electron chi connectivity index (χ4n) is 1.60. The van der Waals surface area contributed by atoms with Gasteiger partial charge in [-0.3, -0.25) is 9.59 Å². The number of carbonyl (C=O) groups is 2. The van der Waals surface area contributed by atoms with Gasteiger partial charge in [-0.25, -0.2) is 0 Å². The molecule has 0 aromatic rings. The van der Waals surface area contributed by atoms with Gasteiger partial charge in [0.1, 0.15) is 0 Å². The number of carbonyl (C=O) groups excluding carboxylic acids is 2. The number of amides is 2. The zero-order valence-corrected chi connectivity index (χ0v) is 14.9. The second-order valence-electron chi connectivity index (χ2n) is 6.41. The lowest BCUT2D eigenvalue weighted by molar-refractivity contribution is -0.870. The van der Waals surface area contributed by atoms with E-state index in [2.05, 4.69) is 31.8 Å². The van der Waals surface area contributed by atoms with Crippen LogP contribution in [0.25, 0.3) is 0 Å². The topological polar surface area (TPSA) is 58.2 Å². The van der Waals surface area contributed by atoms with Crippen LogP contribution >= 0.6 is 11.8 Å². The van der Waals surface area contributed by atoms with Crippen molar-refractivity contribution in [2.24, 2.45) is 0 Å². The Labute approximate surface area is 133 Å². The quantitative estimate of drug-likeness (QED) is 0.442. The average molecular weight is 317 g/mol. The van der Waals surface area contributed by atoms with Crippen molar-refractivity contribution >= 4 is 23.6 Å². The van der Waals surface area contributed by atoms with Gasteiger partial charge >= 0.3 is 0 Å². The molecule has 0 aromatic heterocycles. The Morgan fingerprint density at radius 3 is 2.48 bits per heavy atom. The molecule has 0 atom stereocenters. The molecule has 5 nitrogen and oxygen atoms in total. The summed E-state index contributed by atoms with van der Waals surface area (Å²) in [7, 11) is 6.43. The maximum atomic E-state index is 11.6. The third-order valence-electron chi connectivity index (χ3n) is 2.62. The molecule has 0 saturated heterocycles. The molecule has 0 aliphatic carbocycles. The standard InChI is InChI=1S/C15H30N3O2S/c1-13(2)17-15(20)8-12-21-11-7-14(19)16-9-6-10-18(3,4)5/h8,13H,6-7,9-12H2,1-5H3,(H-,16,17,19,20)/p+1. The molecule has 0 bridgehead atoms. The van der Waals surface area contributed by atoms with Gasteiger partial charge in [-0.1, -0.05) is 0 Å². The summed E-state index contributed by atoms with van der Waals surface area (Å²) < 4.78 is 0.917. The van der Waals surface area contributed by atoms with E-state index in [1.165, 1.54) is 0 Å². The van der Waals surface area contributed by atoms with Gasteiger partial charge in [-0.05, 0) is 13.8 Å². The molecule has 0 aliphatic rings. The summed E-state index contributed by atoms with van der Waals surface area (Å²) in [6.45, 7) is 5.65. The Morgan fingerprint density at radius 1 is 1.24 bits per heavy atom. The summed E-state index contributed by atoms with van der Waals surface area (Å²) in [6.07, 6.45) is 3.13. The molecule has 21 heavy (non-hydrogen) atoms. The molecule has 0 aromatic carbocycles. The highest BCUT2D eigenvalue weighted by molar-refractivity contribution is 7.99. The molecule has 2 N–H and O–H groups in total. The van der Waals surface area contributed by atoms with Crippen LogP contribution in [0.4, 0.5) is 0 Å². The Bertz CT molecular complexity index is 315. The summed E-state index contributed by atoms with van der Waals surface area (Å²) in [4.78, 5) is 22.9. The van der Waals surface area contributed by atoms with Crippen LogP contribution in [0.5, 0.6) is 0 Å². The second kappa shape index (κ2) is 10.9. The highest BCUT2D eigenvalue weighted by atomic mass is 32.2. The molecule has 123 valence electrons. The Balaban J connectivity index is 3.44. The van der Waals surface area contributed by atoms with Crippen molar-refractivity contribution in [3.8, 4) is 0 Å². The minimum Gasteiger partial charge on any atom is -0.356 e. The highest BCUT2D eigenvalue weighted by Gasteiger charge is 2.07. The zero-order chi connectivity index (χ0) is 16.3. The van der Waals surface area contributed by atoms with Crippen molar-refractivity contribution in [2.45, 2.75) is 32.7 Å². The fraction of sp³-hybridized carbons (Fsp3) is 0.800. The van der Waals surface area contributed by atoms with Gasteiger partial charge in [0.2, 0.25) is 11.8 Å². The third-order valence-corrected chi connectivity index (χ3v) is 3.51. The van der Waals surface area contributed by atoms with E-state index in [9.17, 15) is 9.59 Å². The van der Waals surface area contributed by atoms with Crippen LogP contribution in [0, 0.1) is 6.42 Å². The molecule has 0 aliphatic heterocycles. The van der Waals surface area contributed by atoms with Gasteiger partial charge in [0, 0.05) is 36.9 Å². The van der Waals surface area contributed by atoms with E-state index in [1.807, 2.05) is 13.8 Å². The fourth-order valence-corrected chi connectivity index (χ4v) is 2.36. The van der Waals surface area contributed by atoms with Gasteiger partial charge in [0.25, 0.3) is 0 Å². The van der Waals surface area contributed by atoms with Crippen LogP contribution in [-0.2, 0) is 9.59 Å². The molecule has 2 amide bonds. The lowest BCUT2D eigenvalue weighted by atomic mass is 10.3. The molecular formula is C15H31N3O2S+. The zero-order valence-electron chi connectivity index (χ0n) is 14.1. The summed E-state index contributed by atoms with van der Waals surface area (Å²) in [6, 6.07) is 0.163. The first-order valence-electron chi connectivity index (χ1n) is 7.49.